The molecule has 0 bridgehead atoms. The third-order valence-electron chi connectivity index (χ3n) is 4.32. The second-order valence-corrected chi connectivity index (χ2v) is 8.55. The third kappa shape index (κ3) is 9.53. The number of rotatable bonds is 9. The first-order chi connectivity index (χ1) is 16.1. The van der Waals surface area contributed by atoms with Gasteiger partial charge in [-0.05, 0) is 48.4 Å². The smallest absolute Gasteiger partial charge is 0.261 e. The van der Waals surface area contributed by atoms with Gasteiger partial charge in [-0.15, -0.1) is 0 Å². The highest BCUT2D eigenvalue weighted by atomic mass is 32.2. The zero-order valence-corrected chi connectivity index (χ0v) is 19.5. The SMILES string of the molecule is COc1cc(CNCCc2ccccc2F)ccc1Oc1ccc(C(N)=O)cn1.CS(=O)(=O)O. The number of amides is 1. The molecule has 0 unspecified atom stereocenters. The molecule has 0 spiro atoms. The molecule has 0 aliphatic rings. The molecule has 1 heterocycles. The Labute approximate surface area is 197 Å². The van der Waals surface area contributed by atoms with Gasteiger partial charge in [0.1, 0.15) is 5.82 Å². The Morgan fingerprint density at radius 3 is 2.44 bits per heavy atom. The molecule has 1 aromatic heterocycles. The minimum absolute atomic E-state index is 0.185. The maximum absolute atomic E-state index is 13.6. The summed E-state index contributed by atoms with van der Waals surface area (Å²) < 4.78 is 50.6. The number of carbonyl (C=O) groups excluding carboxylic acids is 1. The number of carbonyl (C=O) groups is 1. The lowest BCUT2D eigenvalue weighted by Gasteiger charge is -2.12. The minimum atomic E-state index is -3.67. The van der Waals surface area contributed by atoms with Crippen molar-refractivity contribution in [3.8, 4) is 17.4 Å². The summed E-state index contributed by atoms with van der Waals surface area (Å²) in [4.78, 5) is 15.2. The summed E-state index contributed by atoms with van der Waals surface area (Å²) in [6.07, 6.45) is 2.68. The van der Waals surface area contributed by atoms with E-state index in [1.165, 1.54) is 12.3 Å². The van der Waals surface area contributed by atoms with Gasteiger partial charge >= 0.3 is 0 Å². The van der Waals surface area contributed by atoms with E-state index in [2.05, 4.69) is 10.3 Å². The maximum Gasteiger partial charge on any atom is 0.261 e. The largest absolute Gasteiger partial charge is 0.493 e. The Balaban J connectivity index is 0.000000739. The van der Waals surface area contributed by atoms with Gasteiger partial charge in [0.05, 0.1) is 18.9 Å². The lowest BCUT2D eigenvalue weighted by atomic mass is 10.1. The van der Waals surface area contributed by atoms with E-state index in [1.54, 1.807) is 37.4 Å². The van der Waals surface area contributed by atoms with Crippen molar-refractivity contribution >= 4 is 16.0 Å². The van der Waals surface area contributed by atoms with Crippen molar-refractivity contribution in [1.82, 2.24) is 10.3 Å². The summed E-state index contributed by atoms with van der Waals surface area (Å²) in [5, 5.41) is 3.30. The number of hydrogen-bond donors (Lipinski definition) is 3. The van der Waals surface area contributed by atoms with Crippen LogP contribution in [0.25, 0.3) is 0 Å². The molecule has 3 aromatic rings. The molecule has 0 fully saturated rings. The number of aromatic nitrogens is 1. The fourth-order valence-corrected chi connectivity index (χ4v) is 2.76. The van der Waals surface area contributed by atoms with E-state index in [0.29, 0.717) is 54.3 Å². The van der Waals surface area contributed by atoms with Crippen LogP contribution in [0, 0.1) is 5.82 Å². The molecule has 0 aliphatic heterocycles. The van der Waals surface area contributed by atoms with E-state index >= 15 is 0 Å². The number of nitrogens with one attached hydrogen (secondary N) is 1. The number of ether oxygens (including phenoxy) is 2. The van der Waals surface area contributed by atoms with E-state index in [9.17, 15) is 17.6 Å². The van der Waals surface area contributed by atoms with Crippen molar-refractivity contribution in [1.29, 1.82) is 0 Å². The monoisotopic (exact) mass is 491 g/mol. The average molecular weight is 492 g/mol. The molecule has 0 saturated carbocycles. The quantitative estimate of drug-likeness (QED) is 0.306. The van der Waals surface area contributed by atoms with Crippen LogP contribution in [-0.2, 0) is 23.1 Å². The normalized spacial score (nSPS) is 10.7. The molecule has 182 valence electrons. The number of hydrogen-bond acceptors (Lipinski definition) is 7. The minimum Gasteiger partial charge on any atom is -0.493 e. The number of primary amides is 1. The zero-order valence-electron chi connectivity index (χ0n) is 18.7. The van der Waals surface area contributed by atoms with Crippen molar-refractivity contribution < 1.29 is 31.6 Å². The number of nitrogens with zero attached hydrogens (tertiary/aromatic N) is 1. The van der Waals surface area contributed by atoms with Crippen LogP contribution in [0.15, 0.2) is 60.8 Å². The van der Waals surface area contributed by atoms with Crippen molar-refractivity contribution in [2.75, 3.05) is 19.9 Å². The van der Waals surface area contributed by atoms with Gasteiger partial charge in [-0.25, -0.2) is 9.37 Å². The summed E-state index contributed by atoms with van der Waals surface area (Å²) in [7, 11) is -2.11. The van der Waals surface area contributed by atoms with Crippen molar-refractivity contribution in [3.63, 3.8) is 0 Å². The highest BCUT2D eigenvalue weighted by Gasteiger charge is 2.09. The average Bonchev–Trinajstić information content (AvgIpc) is 2.78. The second kappa shape index (κ2) is 12.6. The Morgan fingerprint density at radius 1 is 1.15 bits per heavy atom. The fraction of sp³-hybridized carbons (Fsp3) is 0.217. The third-order valence-corrected chi connectivity index (χ3v) is 4.32. The number of benzene rings is 2. The molecule has 0 radical (unpaired) electrons. The summed E-state index contributed by atoms with van der Waals surface area (Å²) in [6.45, 7) is 1.26. The number of pyridine rings is 1. The molecule has 11 heteroatoms. The molecule has 9 nitrogen and oxygen atoms in total. The summed E-state index contributed by atoms with van der Waals surface area (Å²) in [6, 6.07) is 15.4. The lowest BCUT2D eigenvalue weighted by molar-refractivity contribution is 0.1000. The van der Waals surface area contributed by atoms with E-state index in [4.69, 9.17) is 19.8 Å². The van der Waals surface area contributed by atoms with Crippen LogP contribution in [-0.4, -0.2) is 43.8 Å². The molecule has 3 rings (SSSR count). The van der Waals surface area contributed by atoms with Crippen molar-refractivity contribution in [2.24, 2.45) is 5.73 Å². The maximum atomic E-state index is 13.6. The van der Waals surface area contributed by atoms with Crippen molar-refractivity contribution in [2.45, 2.75) is 13.0 Å². The Kier molecular flexibility index (Phi) is 9.92. The van der Waals surface area contributed by atoms with Crippen LogP contribution in [0.1, 0.15) is 21.5 Å². The van der Waals surface area contributed by atoms with Crippen LogP contribution >= 0.6 is 0 Å². The van der Waals surface area contributed by atoms with Crippen LogP contribution in [0.5, 0.6) is 17.4 Å². The van der Waals surface area contributed by atoms with Crippen LogP contribution in [0.3, 0.4) is 0 Å². The van der Waals surface area contributed by atoms with Crippen LogP contribution in [0.2, 0.25) is 0 Å². The zero-order chi connectivity index (χ0) is 25.1. The highest BCUT2D eigenvalue weighted by molar-refractivity contribution is 7.85. The Bertz CT molecular complexity index is 1200. The predicted octanol–water partition coefficient (Wildman–Crippen LogP) is 2.96. The number of methoxy groups -OCH3 is 1. The molecule has 1 amide bonds. The summed E-state index contributed by atoms with van der Waals surface area (Å²) in [5.74, 6) is 0.647. The molecule has 0 saturated heterocycles. The molecule has 0 atom stereocenters. The van der Waals surface area contributed by atoms with Gasteiger partial charge in [-0.2, -0.15) is 8.42 Å². The standard InChI is InChI=1S/C22H22FN3O3.CH4O3S/c1-28-20-12-15(13-25-11-10-16-4-2-3-5-18(16)23)6-8-19(20)29-21-9-7-17(14-26-21)22(24)27;1-5(2,3)4/h2-9,12,14,25H,10-11,13H2,1H3,(H2,24,27);1H3,(H,2,3,4). The second-order valence-electron chi connectivity index (χ2n) is 7.09. The van der Waals surface area contributed by atoms with Gasteiger partial charge in [-0.3, -0.25) is 9.35 Å². The van der Waals surface area contributed by atoms with Gasteiger partial charge in [0.25, 0.3) is 10.1 Å². The molecular formula is C23H26FN3O6S. The molecule has 0 aliphatic carbocycles. The summed E-state index contributed by atoms with van der Waals surface area (Å²) >= 11 is 0. The van der Waals surface area contributed by atoms with E-state index in [1.807, 2.05) is 18.2 Å². The molecular weight excluding hydrogens is 465 g/mol. The highest BCUT2D eigenvalue weighted by Crippen LogP contribution is 2.31. The predicted molar refractivity (Wildman–Crippen MR) is 125 cm³/mol. The van der Waals surface area contributed by atoms with Gasteiger partial charge in [-0.1, -0.05) is 24.3 Å². The van der Waals surface area contributed by atoms with Crippen LogP contribution < -0.4 is 20.5 Å². The van der Waals surface area contributed by atoms with Crippen LogP contribution in [0.4, 0.5) is 4.39 Å². The van der Waals surface area contributed by atoms with Crippen molar-refractivity contribution in [3.05, 3.63) is 83.3 Å². The molecule has 4 N–H and O–H groups in total. The first-order valence-corrected chi connectivity index (χ1v) is 11.9. The van der Waals surface area contributed by atoms with E-state index in [-0.39, 0.29) is 5.82 Å². The molecule has 2 aromatic carbocycles. The first-order valence-electron chi connectivity index (χ1n) is 10.0. The summed E-state index contributed by atoms with van der Waals surface area (Å²) in [5.41, 5.74) is 7.20. The fourth-order valence-electron chi connectivity index (χ4n) is 2.76. The lowest BCUT2D eigenvalue weighted by Crippen LogP contribution is -2.17. The van der Waals surface area contributed by atoms with Gasteiger partial charge in [0.2, 0.25) is 11.8 Å². The van der Waals surface area contributed by atoms with Gasteiger partial charge in [0.15, 0.2) is 11.5 Å². The van der Waals surface area contributed by atoms with E-state index in [0.717, 1.165) is 5.56 Å². The number of nitrogens with two attached hydrogens (primary N) is 1. The molecule has 34 heavy (non-hydrogen) atoms. The van der Waals surface area contributed by atoms with E-state index < -0.39 is 16.0 Å². The van der Waals surface area contributed by atoms with Gasteiger partial charge in [0, 0.05) is 18.8 Å². The van der Waals surface area contributed by atoms with Gasteiger partial charge < -0.3 is 20.5 Å². The first kappa shape index (κ1) is 26.7. The topological polar surface area (TPSA) is 141 Å². The number of halogens is 1. The Hall–Kier alpha value is -3.54. The Morgan fingerprint density at radius 2 is 1.85 bits per heavy atom.